The maximum absolute atomic E-state index is 11.5. The minimum Gasteiger partial charge on any atom is -0.464 e. The Bertz CT molecular complexity index is 291. The van der Waals surface area contributed by atoms with Crippen LogP contribution >= 0.6 is 11.8 Å². The molecule has 0 spiro atoms. The molecule has 1 amide bonds. The van der Waals surface area contributed by atoms with Gasteiger partial charge in [-0.15, -0.1) is 0 Å². The lowest BCUT2D eigenvalue weighted by Gasteiger charge is -2.15. The Morgan fingerprint density at radius 1 is 1.29 bits per heavy atom. The Morgan fingerprint density at radius 3 is 2.29 bits per heavy atom. The second-order valence-corrected chi connectivity index (χ2v) is 4.81. The average molecular weight is 261 g/mol. The highest BCUT2D eigenvalue weighted by Crippen LogP contribution is 2.12. The van der Waals surface area contributed by atoms with Crippen LogP contribution in [0.3, 0.4) is 0 Å². The molecule has 0 aliphatic heterocycles. The van der Waals surface area contributed by atoms with E-state index in [9.17, 15) is 14.4 Å². The highest BCUT2D eigenvalue weighted by Gasteiger charge is 2.22. The monoisotopic (exact) mass is 261 g/mol. The lowest BCUT2D eigenvalue weighted by atomic mass is 10.3. The SMILES string of the molecule is CCOC(=O)[C@H](CSC(=O)C(C)C)NC(C)=O. The number of ether oxygens (including phenoxy) is 1. The van der Waals surface area contributed by atoms with E-state index >= 15 is 0 Å². The van der Waals surface area contributed by atoms with Crippen molar-refractivity contribution in [1.82, 2.24) is 5.32 Å². The summed E-state index contributed by atoms with van der Waals surface area (Å²) in [4.78, 5) is 33.8. The first-order chi connectivity index (χ1) is 7.88. The Kier molecular flexibility index (Phi) is 7.61. The minimum atomic E-state index is -0.764. The van der Waals surface area contributed by atoms with Crippen LogP contribution in [-0.2, 0) is 19.1 Å². The van der Waals surface area contributed by atoms with Crippen LogP contribution < -0.4 is 5.32 Å². The van der Waals surface area contributed by atoms with E-state index in [1.807, 2.05) is 0 Å². The summed E-state index contributed by atoms with van der Waals surface area (Å²) in [7, 11) is 0. The van der Waals surface area contributed by atoms with Crippen molar-refractivity contribution < 1.29 is 19.1 Å². The van der Waals surface area contributed by atoms with Crippen molar-refractivity contribution in [2.24, 2.45) is 5.92 Å². The fourth-order valence-corrected chi connectivity index (χ4v) is 1.87. The van der Waals surface area contributed by atoms with Crippen molar-refractivity contribution in [2.75, 3.05) is 12.4 Å². The normalized spacial score (nSPS) is 12.1. The molecule has 0 rings (SSSR count). The Balaban J connectivity index is 4.33. The van der Waals surface area contributed by atoms with Gasteiger partial charge in [0.05, 0.1) is 6.61 Å². The van der Waals surface area contributed by atoms with Crippen LogP contribution in [0.4, 0.5) is 0 Å². The third-order valence-electron chi connectivity index (χ3n) is 1.81. The molecule has 0 fully saturated rings. The molecule has 0 aliphatic carbocycles. The van der Waals surface area contributed by atoms with Crippen LogP contribution in [0.2, 0.25) is 0 Å². The fourth-order valence-electron chi connectivity index (χ4n) is 0.989. The van der Waals surface area contributed by atoms with Crippen LogP contribution in [0.5, 0.6) is 0 Å². The van der Waals surface area contributed by atoms with Crippen LogP contribution in [0.25, 0.3) is 0 Å². The van der Waals surface area contributed by atoms with E-state index in [4.69, 9.17) is 4.74 Å². The number of hydrogen-bond acceptors (Lipinski definition) is 5. The first-order valence-electron chi connectivity index (χ1n) is 5.48. The summed E-state index contributed by atoms with van der Waals surface area (Å²) < 4.78 is 4.82. The summed E-state index contributed by atoms with van der Waals surface area (Å²) in [5.74, 6) is -0.720. The molecule has 0 bridgehead atoms. The molecule has 98 valence electrons. The van der Waals surface area contributed by atoms with Gasteiger partial charge in [0.1, 0.15) is 6.04 Å². The highest BCUT2D eigenvalue weighted by molar-refractivity contribution is 8.13. The standard InChI is InChI=1S/C11H19NO4S/c1-5-16-10(14)9(12-8(4)13)6-17-11(15)7(2)3/h7,9H,5-6H2,1-4H3,(H,12,13)/t9-/m0/s1. The smallest absolute Gasteiger partial charge is 0.329 e. The predicted molar refractivity (Wildman–Crippen MR) is 66.5 cm³/mol. The maximum atomic E-state index is 11.5. The lowest BCUT2D eigenvalue weighted by molar-refractivity contribution is -0.146. The van der Waals surface area contributed by atoms with E-state index in [0.717, 1.165) is 11.8 Å². The van der Waals surface area contributed by atoms with Gasteiger partial charge in [-0.2, -0.15) is 0 Å². The summed E-state index contributed by atoms with van der Waals surface area (Å²) in [6, 6.07) is -0.764. The molecule has 0 aromatic heterocycles. The number of nitrogens with one attached hydrogen (secondary N) is 1. The van der Waals surface area contributed by atoms with E-state index in [0.29, 0.717) is 0 Å². The molecule has 0 aromatic rings. The Hall–Kier alpha value is -1.04. The van der Waals surface area contributed by atoms with Crippen LogP contribution in [-0.4, -0.2) is 35.4 Å². The van der Waals surface area contributed by atoms with Gasteiger partial charge in [-0.1, -0.05) is 25.6 Å². The molecule has 1 N–H and O–H groups in total. The number of hydrogen-bond donors (Lipinski definition) is 1. The van der Waals surface area contributed by atoms with Gasteiger partial charge in [0.15, 0.2) is 5.12 Å². The van der Waals surface area contributed by atoms with Gasteiger partial charge < -0.3 is 10.1 Å². The van der Waals surface area contributed by atoms with Gasteiger partial charge in [-0.25, -0.2) is 4.79 Å². The van der Waals surface area contributed by atoms with Gasteiger partial charge in [0, 0.05) is 18.6 Å². The third-order valence-corrected chi connectivity index (χ3v) is 3.07. The molecule has 0 unspecified atom stereocenters. The van der Waals surface area contributed by atoms with Crippen molar-refractivity contribution >= 4 is 28.8 Å². The van der Waals surface area contributed by atoms with Gasteiger partial charge in [-0.05, 0) is 6.92 Å². The molecular weight excluding hydrogens is 242 g/mol. The maximum Gasteiger partial charge on any atom is 0.329 e. The highest BCUT2D eigenvalue weighted by atomic mass is 32.2. The molecule has 0 saturated carbocycles. The van der Waals surface area contributed by atoms with Crippen molar-refractivity contribution in [3.05, 3.63) is 0 Å². The number of amides is 1. The average Bonchev–Trinajstić information content (AvgIpc) is 2.23. The van der Waals surface area contributed by atoms with E-state index < -0.39 is 12.0 Å². The Morgan fingerprint density at radius 2 is 1.88 bits per heavy atom. The van der Waals surface area contributed by atoms with E-state index in [-0.39, 0.29) is 29.3 Å². The zero-order valence-corrected chi connectivity index (χ0v) is 11.4. The zero-order valence-electron chi connectivity index (χ0n) is 10.6. The first kappa shape index (κ1) is 16.0. The predicted octanol–water partition coefficient (Wildman–Crippen LogP) is 0.970. The molecule has 0 aliphatic rings. The number of thioether (sulfide) groups is 1. The van der Waals surface area contributed by atoms with Crippen molar-refractivity contribution in [1.29, 1.82) is 0 Å². The van der Waals surface area contributed by atoms with Crippen LogP contribution in [0, 0.1) is 5.92 Å². The molecule has 17 heavy (non-hydrogen) atoms. The molecule has 0 aromatic carbocycles. The molecule has 0 saturated heterocycles. The van der Waals surface area contributed by atoms with Crippen molar-refractivity contribution in [2.45, 2.75) is 33.7 Å². The molecule has 1 atom stereocenters. The molecular formula is C11H19NO4S. The summed E-state index contributed by atoms with van der Waals surface area (Å²) >= 11 is 1.03. The second kappa shape index (κ2) is 8.11. The number of carbonyl (C=O) groups excluding carboxylic acids is 3. The molecule has 0 heterocycles. The third kappa shape index (κ3) is 6.99. The largest absolute Gasteiger partial charge is 0.464 e. The lowest BCUT2D eigenvalue weighted by Crippen LogP contribution is -2.43. The van der Waals surface area contributed by atoms with Crippen LogP contribution in [0.1, 0.15) is 27.7 Å². The number of esters is 1. The fraction of sp³-hybridized carbons (Fsp3) is 0.727. The van der Waals surface area contributed by atoms with Gasteiger partial charge in [-0.3, -0.25) is 9.59 Å². The summed E-state index contributed by atoms with van der Waals surface area (Å²) in [6.45, 7) is 6.83. The minimum absolute atomic E-state index is 0.00958. The van der Waals surface area contributed by atoms with E-state index in [2.05, 4.69) is 5.32 Å². The van der Waals surface area contributed by atoms with Gasteiger partial charge >= 0.3 is 5.97 Å². The molecule has 6 heteroatoms. The Labute approximate surface area is 106 Å². The van der Waals surface area contributed by atoms with Crippen LogP contribution in [0.15, 0.2) is 0 Å². The summed E-state index contributed by atoms with van der Waals surface area (Å²) in [5.41, 5.74) is 0. The van der Waals surface area contributed by atoms with Crippen molar-refractivity contribution in [3.63, 3.8) is 0 Å². The summed E-state index contributed by atoms with van der Waals surface area (Å²) in [5, 5.41) is 2.46. The van der Waals surface area contributed by atoms with Gasteiger partial charge in [0.25, 0.3) is 0 Å². The topological polar surface area (TPSA) is 72.5 Å². The van der Waals surface area contributed by atoms with E-state index in [1.54, 1.807) is 20.8 Å². The number of rotatable bonds is 6. The zero-order chi connectivity index (χ0) is 13.4. The molecule has 0 radical (unpaired) electrons. The quantitative estimate of drug-likeness (QED) is 0.721. The van der Waals surface area contributed by atoms with Crippen molar-refractivity contribution in [3.8, 4) is 0 Å². The number of carbonyl (C=O) groups is 3. The summed E-state index contributed by atoms with van der Waals surface area (Å²) in [6.07, 6.45) is 0. The second-order valence-electron chi connectivity index (χ2n) is 3.79. The first-order valence-corrected chi connectivity index (χ1v) is 6.47. The van der Waals surface area contributed by atoms with E-state index in [1.165, 1.54) is 6.92 Å². The molecule has 5 nitrogen and oxygen atoms in total. The van der Waals surface area contributed by atoms with Gasteiger partial charge in [0.2, 0.25) is 5.91 Å².